The van der Waals surface area contributed by atoms with E-state index in [0.717, 1.165) is 30.8 Å². The van der Waals surface area contributed by atoms with Gasteiger partial charge in [-0.25, -0.2) is 9.37 Å². The van der Waals surface area contributed by atoms with Crippen LogP contribution in [0, 0.1) is 5.82 Å². The van der Waals surface area contributed by atoms with Crippen molar-refractivity contribution < 1.29 is 4.39 Å². The summed E-state index contributed by atoms with van der Waals surface area (Å²) in [5, 5.41) is 5.36. The van der Waals surface area contributed by atoms with Crippen LogP contribution in [-0.2, 0) is 13.0 Å². The van der Waals surface area contributed by atoms with Crippen LogP contribution in [0.2, 0.25) is 0 Å². The molecule has 0 unspecified atom stereocenters. The lowest BCUT2D eigenvalue weighted by Crippen LogP contribution is -2.16. The second kappa shape index (κ2) is 5.72. The van der Waals surface area contributed by atoms with E-state index in [1.165, 1.54) is 12.1 Å². The van der Waals surface area contributed by atoms with Crippen molar-refractivity contribution in [2.75, 3.05) is 6.54 Å². The van der Waals surface area contributed by atoms with Crippen LogP contribution in [0.4, 0.5) is 4.39 Å². The summed E-state index contributed by atoms with van der Waals surface area (Å²) in [6, 6.07) is 6.56. The van der Waals surface area contributed by atoms with Crippen molar-refractivity contribution in [3.63, 3.8) is 0 Å². The second-order valence-corrected chi connectivity index (χ2v) is 4.25. The molecule has 0 fully saturated rings. The molecule has 1 aromatic carbocycles. The first-order valence-electron chi connectivity index (χ1n) is 5.17. The van der Waals surface area contributed by atoms with E-state index in [-0.39, 0.29) is 5.82 Å². The van der Waals surface area contributed by atoms with Crippen molar-refractivity contribution in [2.45, 2.75) is 13.0 Å². The van der Waals surface area contributed by atoms with Gasteiger partial charge in [0.05, 0.1) is 11.2 Å². The third-order valence-corrected chi connectivity index (χ3v) is 2.92. The van der Waals surface area contributed by atoms with Gasteiger partial charge in [-0.1, -0.05) is 12.1 Å². The minimum absolute atomic E-state index is 0.189. The fourth-order valence-corrected chi connectivity index (χ4v) is 2.01. The lowest BCUT2D eigenvalue weighted by Gasteiger charge is -2.03. The maximum atomic E-state index is 12.6. The van der Waals surface area contributed by atoms with Crippen LogP contribution in [-0.4, -0.2) is 11.5 Å². The van der Waals surface area contributed by atoms with Crippen LogP contribution >= 0.6 is 11.3 Å². The molecule has 0 saturated carbocycles. The quantitative estimate of drug-likeness (QED) is 0.807. The van der Waals surface area contributed by atoms with Gasteiger partial charge in [-0.2, -0.15) is 0 Å². The zero-order valence-corrected chi connectivity index (χ0v) is 9.64. The van der Waals surface area contributed by atoms with Crippen LogP contribution in [0.25, 0.3) is 0 Å². The lowest BCUT2D eigenvalue weighted by molar-refractivity contribution is 0.624. The number of nitrogens with one attached hydrogen (secondary N) is 1. The molecule has 2 aromatic rings. The predicted molar refractivity (Wildman–Crippen MR) is 63.9 cm³/mol. The Morgan fingerprint density at radius 1 is 1.25 bits per heavy atom. The minimum atomic E-state index is -0.189. The van der Waals surface area contributed by atoms with Gasteiger partial charge in [0.25, 0.3) is 0 Å². The van der Waals surface area contributed by atoms with Crippen LogP contribution in [0.15, 0.2) is 35.2 Å². The van der Waals surface area contributed by atoms with E-state index < -0.39 is 0 Å². The van der Waals surface area contributed by atoms with Crippen LogP contribution in [0.1, 0.15) is 11.3 Å². The molecule has 4 heteroatoms. The highest BCUT2D eigenvalue weighted by Crippen LogP contribution is 2.03. The molecule has 0 aliphatic rings. The molecule has 0 aliphatic heterocycles. The van der Waals surface area contributed by atoms with Crippen molar-refractivity contribution in [1.29, 1.82) is 0 Å². The van der Waals surface area contributed by atoms with Crippen LogP contribution < -0.4 is 5.32 Å². The first kappa shape index (κ1) is 11.2. The van der Waals surface area contributed by atoms with Gasteiger partial charge in [0.2, 0.25) is 0 Å². The maximum absolute atomic E-state index is 12.6. The molecule has 0 radical (unpaired) electrons. The van der Waals surface area contributed by atoms with Crippen molar-refractivity contribution in [3.05, 3.63) is 52.2 Å². The molecule has 2 nitrogen and oxygen atoms in total. The first-order valence-corrected chi connectivity index (χ1v) is 6.11. The number of aromatic nitrogens is 1. The summed E-state index contributed by atoms with van der Waals surface area (Å²) in [7, 11) is 0. The summed E-state index contributed by atoms with van der Waals surface area (Å²) in [4.78, 5) is 4.20. The molecule has 0 aliphatic carbocycles. The molecule has 1 aromatic heterocycles. The number of hydrogen-bond donors (Lipinski definition) is 1. The Labute approximate surface area is 98.2 Å². The number of hydrogen-bond acceptors (Lipinski definition) is 3. The minimum Gasteiger partial charge on any atom is -0.312 e. The zero-order valence-electron chi connectivity index (χ0n) is 8.82. The number of nitrogens with zero attached hydrogens (tertiary/aromatic N) is 1. The van der Waals surface area contributed by atoms with Crippen LogP contribution in [0.3, 0.4) is 0 Å². The zero-order chi connectivity index (χ0) is 11.2. The maximum Gasteiger partial charge on any atom is 0.123 e. The largest absolute Gasteiger partial charge is 0.312 e. The van der Waals surface area contributed by atoms with E-state index in [1.54, 1.807) is 23.5 Å². The van der Waals surface area contributed by atoms with Gasteiger partial charge in [0, 0.05) is 24.9 Å². The SMILES string of the molecule is Fc1ccc(CNCCc2cscn2)cc1. The molecule has 0 atom stereocenters. The van der Waals surface area contributed by atoms with E-state index >= 15 is 0 Å². The Hall–Kier alpha value is -1.26. The molecule has 0 spiro atoms. The lowest BCUT2D eigenvalue weighted by atomic mass is 10.2. The Bertz CT molecular complexity index is 411. The summed E-state index contributed by atoms with van der Waals surface area (Å²) in [6.07, 6.45) is 0.935. The van der Waals surface area contributed by atoms with Gasteiger partial charge < -0.3 is 5.32 Å². The van der Waals surface area contributed by atoms with Gasteiger partial charge >= 0.3 is 0 Å². The number of thiazole rings is 1. The molecular formula is C12H13FN2S. The molecule has 1 heterocycles. The highest BCUT2D eigenvalue weighted by molar-refractivity contribution is 7.07. The van der Waals surface area contributed by atoms with Crippen molar-refractivity contribution in [2.24, 2.45) is 0 Å². The molecule has 0 amide bonds. The molecule has 16 heavy (non-hydrogen) atoms. The molecule has 0 bridgehead atoms. The fourth-order valence-electron chi connectivity index (χ4n) is 1.41. The summed E-state index contributed by atoms with van der Waals surface area (Å²) >= 11 is 1.62. The average Bonchev–Trinajstić information content (AvgIpc) is 2.80. The third kappa shape index (κ3) is 3.40. The Morgan fingerprint density at radius 3 is 2.75 bits per heavy atom. The highest BCUT2D eigenvalue weighted by atomic mass is 32.1. The van der Waals surface area contributed by atoms with Gasteiger partial charge in [-0.05, 0) is 17.7 Å². The molecule has 0 saturated heterocycles. The van der Waals surface area contributed by atoms with Crippen molar-refractivity contribution in [1.82, 2.24) is 10.3 Å². The number of benzene rings is 1. The van der Waals surface area contributed by atoms with Gasteiger partial charge in [0.1, 0.15) is 5.82 Å². The molecule has 2 rings (SSSR count). The van der Waals surface area contributed by atoms with E-state index in [0.29, 0.717) is 0 Å². The Balaban J connectivity index is 1.70. The summed E-state index contributed by atoms with van der Waals surface area (Å²) < 4.78 is 12.6. The van der Waals surface area contributed by atoms with Gasteiger partial charge in [-0.15, -0.1) is 11.3 Å². The summed E-state index contributed by atoms with van der Waals surface area (Å²) in [5.74, 6) is -0.189. The number of rotatable bonds is 5. The van der Waals surface area contributed by atoms with Crippen LogP contribution in [0.5, 0.6) is 0 Å². The third-order valence-electron chi connectivity index (χ3n) is 2.28. The normalized spacial score (nSPS) is 10.6. The highest BCUT2D eigenvalue weighted by Gasteiger charge is 1.96. The first-order chi connectivity index (χ1) is 7.84. The van der Waals surface area contributed by atoms with E-state index in [1.807, 2.05) is 5.51 Å². The second-order valence-electron chi connectivity index (χ2n) is 3.53. The topological polar surface area (TPSA) is 24.9 Å². The van der Waals surface area contributed by atoms with Gasteiger partial charge in [-0.3, -0.25) is 0 Å². The van der Waals surface area contributed by atoms with E-state index in [9.17, 15) is 4.39 Å². The summed E-state index contributed by atoms with van der Waals surface area (Å²) in [5.41, 5.74) is 4.06. The smallest absolute Gasteiger partial charge is 0.123 e. The van der Waals surface area contributed by atoms with E-state index in [2.05, 4.69) is 15.7 Å². The Kier molecular flexibility index (Phi) is 4.02. The average molecular weight is 236 g/mol. The standard InChI is InChI=1S/C12H13FN2S/c13-11-3-1-10(2-4-11)7-14-6-5-12-8-16-9-15-12/h1-4,8-9,14H,5-7H2. The molecule has 84 valence electrons. The van der Waals surface area contributed by atoms with Crippen molar-refractivity contribution in [3.8, 4) is 0 Å². The summed E-state index contributed by atoms with van der Waals surface area (Å²) in [6.45, 7) is 1.66. The number of halogens is 1. The Morgan fingerprint density at radius 2 is 2.06 bits per heavy atom. The molecular weight excluding hydrogens is 223 g/mol. The molecule has 1 N–H and O–H groups in total. The monoisotopic (exact) mass is 236 g/mol. The van der Waals surface area contributed by atoms with Crippen molar-refractivity contribution >= 4 is 11.3 Å². The fraction of sp³-hybridized carbons (Fsp3) is 0.250. The van der Waals surface area contributed by atoms with E-state index in [4.69, 9.17) is 0 Å². The van der Waals surface area contributed by atoms with Gasteiger partial charge in [0.15, 0.2) is 0 Å². The predicted octanol–water partition coefficient (Wildman–Crippen LogP) is 2.61.